The van der Waals surface area contributed by atoms with Gasteiger partial charge in [-0.2, -0.15) is 0 Å². The molecular formula is C9H16O4. The molecule has 4 nitrogen and oxygen atoms in total. The van der Waals surface area contributed by atoms with Crippen molar-refractivity contribution in [3.63, 3.8) is 0 Å². The van der Waals surface area contributed by atoms with Gasteiger partial charge >= 0.3 is 5.97 Å². The van der Waals surface area contributed by atoms with Gasteiger partial charge in [0.15, 0.2) is 0 Å². The van der Waals surface area contributed by atoms with Gasteiger partial charge in [0.2, 0.25) is 0 Å². The van der Waals surface area contributed by atoms with Gasteiger partial charge < -0.3 is 14.6 Å². The molecule has 76 valence electrons. The van der Waals surface area contributed by atoms with Gasteiger partial charge in [0.25, 0.3) is 0 Å². The Kier molecular flexibility index (Phi) is 5.97. The summed E-state index contributed by atoms with van der Waals surface area (Å²) in [4.78, 5) is 10.6. The number of methoxy groups -OCH3 is 1. The minimum atomic E-state index is -0.951. The van der Waals surface area contributed by atoms with Gasteiger partial charge in [-0.15, -0.1) is 0 Å². The van der Waals surface area contributed by atoms with Crippen molar-refractivity contribution in [3.8, 4) is 0 Å². The maximum Gasteiger partial charge on any atom is 0.334 e. The van der Waals surface area contributed by atoms with Crippen molar-refractivity contribution in [1.29, 1.82) is 0 Å². The molecule has 0 heterocycles. The van der Waals surface area contributed by atoms with Gasteiger partial charge in [0, 0.05) is 13.0 Å². The Morgan fingerprint density at radius 1 is 1.46 bits per heavy atom. The smallest absolute Gasteiger partial charge is 0.334 e. The van der Waals surface area contributed by atoms with Crippen LogP contribution in [0.5, 0.6) is 0 Å². The number of hydrogen-bond donors (Lipinski definition) is 1. The molecule has 0 radical (unpaired) electrons. The second-order valence-electron chi connectivity index (χ2n) is 2.50. The molecule has 0 unspecified atom stereocenters. The number of carboxylic acids is 1. The average molecular weight is 188 g/mol. The van der Waals surface area contributed by atoms with Gasteiger partial charge in [-0.05, 0) is 13.8 Å². The summed E-state index contributed by atoms with van der Waals surface area (Å²) in [5.41, 5.74) is 0.238. The van der Waals surface area contributed by atoms with Crippen LogP contribution < -0.4 is 0 Å². The third-order valence-corrected chi connectivity index (χ3v) is 1.66. The summed E-state index contributed by atoms with van der Waals surface area (Å²) in [6, 6.07) is 0. The highest BCUT2D eigenvalue weighted by Gasteiger charge is 2.09. The van der Waals surface area contributed by atoms with Gasteiger partial charge in [-0.25, -0.2) is 4.79 Å². The van der Waals surface area contributed by atoms with E-state index in [4.69, 9.17) is 14.6 Å². The van der Waals surface area contributed by atoms with E-state index in [2.05, 4.69) is 0 Å². The SMILES string of the molecule is CCOCC/C(OC)=C(/C)C(=O)O. The Bertz CT molecular complexity index is 196. The van der Waals surface area contributed by atoms with Crippen molar-refractivity contribution in [2.75, 3.05) is 20.3 Å². The monoisotopic (exact) mass is 188 g/mol. The maximum absolute atomic E-state index is 10.6. The highest BCUT2D eigenvalue weighted by Crippen LogP contribution is 2.09. The quantitative estimate of drug-likeness (QED) is 0.389. The van der Waals surface area contributed by atoms with Gasteiger partial charge in [-0.1, -0.05) is 0 Å². The van der Waals surface area contributed by atoms with Crippen molar-refractivity contribution < 1.29 is 19.4 Å². The van der Waals surface area contributed by atoms with E-state index in [0.29, 0.717) is 25.4 Å². The van der Waals surface area contributed by atoms with E-state index in [-0.39, 0.29) is 5.57 Å². The van der Waals surface area contributed by atoms with Crippen LogP contribution in [0, 0.1) is 0 Å². The molecule has 0 saturated heterocycles. The van der Waals surface area contributed by atoms with Crippen LogP contribution in [0.4, 0.5) is 0 Å². The van der Waals surface area contributed by atoms with E-state index in [9.17, 15) is 4.79 Å². The third kappa shape index (κ3) is 4.52. The van der Waals surface area contributed by atoms with Crippen molar-refractivity contribution >= 4 is 5.97 Å². The molecule has 0 bridgehead atoms. The highest BCUT2D eigenvalue weighted by atomic mass is 16.5. The summed E-state index contributed by atoms with van der Waals surface area (Å²) in [5, 5.41) is 8.66. The summed E-state index contributed by atoms with van der Waals surface area (Å²) >= 11 is 0. The Balaban J connectivity index is 4.15. The average Bonchev–Trinajstić information content (AvgIpc) is 2.11. The van der Waals surface area contributed by atoms with Crippen LogP contribution in [0.15, 0.2) is 11.3 Å². The number of carboxylic acid groups (broad SMARTS) is 1. The minimum absolute atomic E-state index is 0.238. The zero-order chi connectivity index (χ0) is 10.3. The third-order valence-electron chi connectivity index (χ3n) is 1.66. The molecule has 0 aromatic heterocycles. The van der Waals surface area contributed by atoms with Crippen LogP contribution in [0.1, 0.15) is 20.3 Å². The Morgan fingerprint density at radius 3 is 2.46 bits per heavy atom. The summed E-state index contributed by atoms with van der Waals surface area (Å²) in [6.07, 6.45) is 0.502. The fourth-order valence-corrected chi connectivity index (χ4v) is 0.871. The molecule has 1 N–H and O–H groups in total. The molecular weight excluding hydrogens is 172 g/mol. The van der Waals surface area contributed by atoms with Crippen LogP contribution in [0.25, 0.3) is 0 Å². The fraction of sp³-hybridized carbons (Fsp3) is 0.667. The molecule has 0 spiro atoms. The Labute approximate surface area is 78.2 Å². The van der Waals surface area contributed by atoms with E-state index in [1.807, 2.05) is 6.92 Å². The van der Waals surface area contributed by atoms with Gasteiger partial charge in [-0.3, -0.25) is 0 Å². The number of carbonyl (C=O) groups is 1. The normalized spacial score (nSPS) is 12.2. The van der Waals surface area contributed by atoms with Crippen molar-refractivity contribution in [3.05, 3.63) is 11.3 Å². The van der Waals surface area contributed by atoms with E-state index in [1.165, 1.54) is 14.0 Å². The second kappa shape index (κ2) is 6.48. The lowest BCUT2D eigenvalue weighted by Gasteiger charge is -2.08. The van der Waals surface area contributed by atoms with Crippen LogP contribution in [0.3, 0.4) is 0 Å². The highest BCUT2D eigenvalue weighted by molar-refractivity contribution is 5.86. The lowest BCUT2D eigenvalue weighted by molar-refractivity contribution is -0.132. The molecule has 0 aliphatic heterocycles. The molecule has 4 heteroatoms. The zero-order valence-electron chi connectivity index (χ0n) is 8.29. The molecule has 0 atom stereocenters. The predicted molar refractivity (Wildman–Crippen MR) is 48.5 cm³/mol. The molecule has 13 heavy (non-hydrogen) atoms. The number of rotatable bonds is 6. The summed E-state index contributed by atoms with van der Waals surface area (Å²) in [7, 11) is 1.47. The minimum Gasteiger partial charge on any atom is -0.500 e. The molecule has 0 aliphatic carbocycles. The molecule has 0 aromatic rings. The standard InChI is InChI=1S/C9H16O4/c1-4-13-6-5-8(12-3)7(2)9(10)11/h4-6H2,1-3H3,(H,10,11)/b8-7+. The van der Waals surface area contributed by atoms with E-state index < -0.39 is 5.97 Å². The van der Waals surface area contributed by atoms with Crippen LogP contribution >= 0.6 is 0 Å². The molecule has 0 rings (SSSR count). The lowest BCUT2D eigenvalue weighted by atomic mass is 10.2. The number of aliphatic carboxylic acids is 1. The van der Waals surface area contributed by atoms with Crippen LogP contribution in [-0.4, -0.2) is 31.4 Å². The number of hydrogen-bond acceptors (Lipinski definition) is 3. The molecule has 0 saturated carbocycles. The van der Waals surface area contributed by atoms with Gasteiger partial charge in [0.05, 0.1) is 19.3 Å². The van der Waals surface area contributed by atoms with Crippen molar-refractivity contribution in [1.82, 2.24) is 0 Å². The van der Waals surface area contributed by atoms with Gasteiger partial charge in [0.1, 0.15) is 5.76 Å². The first-order valence-corrected chi connectivity index (χ1v) is 4.18. The fourth-order valence-electron chi connectivity index (χ4n) is 0.871. The first-order chi connectivity index (χ1) is 6.13. The summed E-state index contributed by atoms with van der Waals surface area (Å²) in [6.45, 7) is 4.53. The maximum atomic E-state index is 10.6. The van der Waals surface area contributed by atoms with Crippen molar-refractivity contribution in [2.24, 2.45) is 0 Å². The molecule has 0 aliphatic rings. The molecule has 0 amide bonds. The molecule has 0 fully saturated rings. The van der Waals surface area contributed by atoms with E-state index >= 15 is 0 Å². The first-order valence-electron chi connectivity index (χ1n) is 4.18. The van der Waals surface area contributed by atoms with Crippen molar-refractivity contribution in [2.45, 2.75) is 20.3 Å². The summed E-state index contributed by atoms with van der Waals surface area (Å²) < 4.78 is 10.0. The van der Waals surface area contributed by atoms with E-state index in [0.717, 1.165) is 0 Å². The van der Waals surface area contributed by atoms with Crippen LogP contribution in [-0.2, 0) is 14.3 Å². The van der Waals surface area contributed by atoms with Crippen LogP contribution in [0.2, 0.25) is 0 Å². The lowest BCUT2D eigenvalue weighted by Crippen LogP contribution is -2.05. The topological polar surface area (TPSA) is 55.8 Å². The Hall–Kier alpha value is -1.03. The largest absolute Gasteiger partial charge is 0.500 e. The first kappa shape index (κ1) is 12.0. The predicted octanol–water partition coefficient (Wildman–Crippen LogP) is 1.42. The molecule has 0 aromatic carbocycles. The second-order valence-corrected chi connectivity index (χ2v) is 2.50. The van der Waals surface area contributed by atoms with E-state index in [1.54, 1.807) is 0 Å². The Morgan fingerprint density at radius 2 is 2.08 bits per heavy atom. The number of ether oxygens (including phenoxy) is 2. The summed E-state index contributed by atoms with van der Waals surface area (Å²) in [5.74, 6) is -0.478. The zero-order valence-corrected chi connectivity index (χ0v) is 8.29.